The number of anilines is 2. The Bertz CT molecular complexity index is 1410. The fraction of sp³-hybridized carbons (Fsp3) is 0.571. The second-order valence-corrected chi connectivity index (χ2v) is 13.8. The predicted octanol–water partition coefficient (Wildman–Crippen LogP) is 8.81. The normalized spacial score (nSPS) is 12.5. The monoisotopic (exact) mass is 588 g/mol. The molecule has 0 spiro atoms. The molecule has 0 amide bonds. The molecule has 0 bridgehead atoms. The molecule has 0 radical (unpaired) electrons. The molecule has 0 saturated heterocycles. The van der Waals surface area contributed by atoms with E-state index in [0.717, 1.165) is 35.2 Å². The van der Waals surface area contributed by atoms with Crippen molar-refractivity contribution in [1.82, 2.24) is 19.8 Å². The zero-order chi connectivity index (χ0) is 30.0. The highest BCUT2D eigenvalue weighted by atomic mass is 32.1. The van der Waals surface area contributed by atoms with Gasteiger partial charge in [0.2, 0.25) is 0 Å². The Kier molecular flexibility index (Phi) is 11.8. The molecule has 2 N–H and O–H groups in total. The first-order valence-electron chi connectivity index (χ1n) is 16.3. The number of nitrogen functional groups attached to an aromatic ring is 1. The van der Waals surface area contributed by atoms with Gasteiger partial charge in [0.15, 0.2) is 11.5 Å². The van der Waals surface area contributed by atoms with Gasteiger partial charge in [-0.1, -0.05) is 111 Å². The molecular formula is C35H52N6S. The van der Waals surface area contributed by atoms with Gasteiger partial charge in [-0.25, -0.2) is 0 Å². The average molecular weight is 589 g/mol. The smallest absolute Gasteiger partial charge is 0.187 e. The van der Waals surface area contributed by atoms with Crippen molar-refractivity contribution in [2.24, 2.45) is 0 Å². The molecule has 4 aromatic rings. The molecule has 0 saturated carbocycles. The fourth-order valence-electron chi connectivity index (χ4n) is 5.59. The summed E-state index contributed by atoms with van der Waals surface area (Å²) in [5.41, 5.74) is 9.49. The lowest BCUT2D eigenvalue weighted by Crippen LogP contribution is -2.24. The molecule has 0 aliphatic carbocycles. The van der Waals surface area contributed by atoms with Gasteiger partial charge in [-0.15, -0.1) is 21.5 Å². The summed E-state index contributed by atoms with van der Waals surface area (Å²) in [7, 11) is 0. The molecule has 7 heteroatoms. The number of unbranched alkanes of at least 4 members (excludes halogenated alkanes) is 10. The second kappa shape index (κ2) is 15.5. The number of nitrogens with two attached hydrogens (primary N) is 1. The van der Waals surface area contributed by atoms with Crippen molar-refractivity contribution in [3.8, 4) is 11.4 Å². The van der Waals surface area contributed by atoms with Crippen LogP contribution >= 0.6 is 11.3 Å². The van der Waals surface area contributed by atoms with Gasteiger partial charge in [0.25, 0.3) is 0 Å². The fourth-order valence-corrected chi connectivity index (χ4v) is 6.59. The molecule has 0 atom stereocenters. The van der Waals surface area contributed by atoms with Crippen LogP contribution in [0.25, 0.3) is 23.1 Å². The average Bonchev–Trinajstić information content (AvgIpc) is 3.68. The maximum absolute atomic E-state index is 6.30. The predicted molar refractivity (Wildman–Crippen MR) is 181 cm³/mol. The summed E-state index contributed by atoms with van der Waals surface area (Å²) in [4.78, 5) is 3.86. The minimum atomic E-state index is -0.145. The van der Waals surface area contributed by atoms with Gasteiger partial charge in [-0.2, -0.15) is 9.61 Å². The highest BCUT2D eigenvalue weighted by Crippen LogP contribution is 2.29. The Morgan fingerprint density at radius 2 is 1.43 bits per heavy atom. The standard InChI is InChI=1S/C35H52N6S/c1-6-8-10-12-14-18-24-40(25-19-15-13-11-9-7-2)31-23-22-27(42-31)26-29-32(35(3,4)5)39-41-33(37-38-34(29)41)28-20-16-17-21-30(28)36/h16-17,20-23,26H,6-15,18-19,24-25,36H2,1-5H3/b29-26-. The first kappa shape index (κ1) is 32.0. The van der Waals surface area contributed by atoms with Crippen molar-refractivity contribution >= 4 is 33.7 Å². The van der Waals surface area contributed by atoms with E-state index in [2.05, 4.69) is 67.9 Å². The third-order valence-corrected chi connectivity index (χ3v) is 9.12. The molecular weight excluding hydrogens is 536 g/mol. The van der Waals surface area contributed by atoms with Crippen molar-refractivity contribution in [3.05, 3.63) is 52.2 Å². The highest BCUT2D eigenvalue weighted by Gasteiger charge is 2.24. The molecule has 3 heterocycles. The van der Waals surface area contributed by atoms with Gasteiger partial charge in [0, 0.05) is 39.9 Å². The van der Waals surface area contributed by atoms with E-state index in [4.69, 9.17) is 10.8 Å². The van der Waals surface area contributed by atoms with Crippen LogP contribution < -0.4 is 15.9 Å². The van der Waals surface area contributed by atoms with Crippen LogP contribution in [0.5, 0.6) is 0 Å². The molecule has 0 unspecified atom stereocenters. The lowest BCUT2D eigenvalue weighted by atomic mass is 9.91. The molecule has 4 rings (SSSR count). The van der Waals surface area contributed by atoms with Crippen molar-refractivity contribution in [3.63, 3.8) is 0 Å². The number of hydrogen-bond donors (Lipinski definition) is 1. The van der Waals surface area contributed by atoms with Crippen LogP contribution in [-0.2, 0) is 5.41 Å². The first-order valence-corrected chi connectivity index (χ1v) is 17.1. The summed E-state index contributed by atoms with van der Waals surface area (Å²) < 4.78 is 1.87. The van der Waals surface area contributed by atoms with Gasteiger partial charge in [-0.05, 0) is 43.2 Å². The van der Waals surface area contributed by atoms with E-state index in [9.17, 15) is 0 Å². The quantitative estimate of drug-likeness (QED) is 0.0985. The van der Waals surface area contributed by atoms with E-state index in [1.165, 1.54) is 86.9 Å². The Morgan fingerprint density at radius 1 is 0.810 bits per heavy atom. The number of benzene rings is 1. The van der Waals surface area contributed by atoms with Gasteiger partial charge in [0.1, 0.15) is 0 Å². The van der Waals surface area contributed by atoms with Crippen molar-refractivity contribution in [2.45, 2.75) is 117 Å². The summed E-state index contributed by atoms with van der Waals surface area (Å²) >= 11 is 1.88. The van der Waals surface area contributed by atoms with E-state index in [1.807, 2.05) is 40.1 Å². The molecule has 42 heavy (non-hydrogen) atoms. The first-order chi connectivity index (χ1) is 20.3. The Hall–Kier alpha value is -2.93. The number of thiophene rings is 1. The number of nitrogens with zero attached hydrogens (tertiary/aromatic N) is 5. The lowest BCUT2D eigenvalue weighted by molar-refractivity contribution is 0.559. The minimum absolute atomic E-state index is 0.145. The third-order valence-electron chi connectivity index (χ3n) is 8.02. The van der Waals surface area contributed by atoms with E-state index < -0.39 is 0 Å². The van der Waals surface area contributed by atoms with Gasteiger partial charge in [-0.3, -0.25) is 0 Å². The summed E-state index contributed by atoms with van der Waals surface area (Å²) in [6.45, 7) is 13.5. The molecule has 0 aliphatic rings. The van der Waals surface area contributed by atoms with Crippen LogP contribution in [0.2, 0.25) is 0 Å². The Morgan fingerprint density at radius 3 is 2.05 bits per heavy atom. The SMILES string of the molecule is CCCCCCCCN(CCCCCCCC)c1ccc(/C=c2/c(C(C)(C)C)nn3c(-c4ccccc4N)nnc23)s1. The van der Waals surface area contributed by atoms with Gasteiger partial charge in [0.05, 0.1) is 10.7 Å². The summed E-state index contributed by atoms with van der Waals surface area (Å²) in [6, 6.07) is 12.4. The second-order valence-electron chi connectivity index (χ2n) is 12.7. The van der Waals surface area contributed by atoms with Crippen LogP contribution in [0.3, 0.4) is 0 Å². The molecule has 3 aromatic heterocycles. The lowest BCUT2D eigenvalue weighted by Gasteiger charge is -2.23. The zero-order valence-corrected chi connectivity index (χ0v) is 27.5. The van der Waals surface area contributed by atoms with Crippen LogP contribution in [0, 0.1) is 0 Å². The van der Waals surface area contributed by atoms with Gasteiger partial charge < -0.3 is 10.6 Å². The number of hydrogen-bond acceptors (Lipinski definition) is 6. The van der Waals surface area contributed by atoms with Crippen LogP contribution in [0.1, 0.15) is 122 Å². The molecule has 228 valence electrons. The number of rotatable bonds is 17. The minimum Gasteiger partial charge on any atom is -0.398 e. The molecule has 1 aromatic carbocycles. The van der Waals surface area contributed by atoms with Gasteiger partial charge >= 0.3 is 0 Å². The number of aromatic nitrogens is 4. The summed E-state index contributed by atoms with van der Waals surface area (Å²) in [5, 5.41) is 16.6. The van der Waals surface area contributed by atoms with E-state index in [1.54, 1.807) is 0 Å². The Balaban J connectivity index is 1.59. The van der Waals surface area contributed by atoms with Crippen molar-refractivity contribution < 1.29 is 0 Å². The third kappa shape index (κ3) is 8.33. The van der Waals surface area contributed by atoms with Crippen molar-refractivity contribution in [1.29, 1.82) is 0 Å². The van der Waals surface area contributed by atoms with Crippen LogP contribution in [-0.4, -0.2) is 32.9 Å². The largest absolute Gasteiger partial charge is 0.398 e. The molecule has 0 fully saturated rings. The summed E-state index contributed by atoms with van der Waals surface area (Å²) in [5.74, 6) is 0.684. The highest BCUT2D eigenvalue weighted by molar-refractivity contribution is 7.16. The van der Waals surface area contributed by atoms with Crippen LogP contribution in [0.4, 0.5) is 10.7 Å². The number of fused-ring (bicyclic) bond motifs is 1. The number of para-hydroxylation sites is 1. The maximum Gasteiger partial charge on any atom is 0.187 e. The summed E-state index contributed by atoms with van der Waals surface area (Å²) in [6.07, 6.45) is 18.2. The van der Waals surface area contributed by atoms with E-state index in [0.29, 0.717) is 11.5 Å². The topological polar surface area (TPSA) is 72.3 Å². The van der Waals surface area contributed by atoms with Crippen LogP contribution in [0.15, 0.2) is 36.4 Å². The van der Waals surface area contributed by atoms with Crippen molar-refractivity contribution in [2.75, 3.05) is 23.7 Å². The van der Waals surface area contributed by atoms with E-state index >= 15 is 0 Å². The maximum atomic E-state index is 6.30. The zero-order valence-electron chi connectivity index (χ0n) is 26.7. The Labute approximate surface area is 257 Å². The van der Waals surface area contributed by atoms with E-state index in [-0.39, 0.29) is 5.41 Å². The molecule has 0 aliphatic heterocycles. The molecule has 6 nitrogen and oxygen atoms in total.